The average molecular weight is 590 g/mol. The van der Waals surface area contributed by atoms with E-state index in [-0.39, 0.29) is 21.1 Å². The number of nitrogens with zero attached hydrogens (tertiary/aromatic N) is 2. The highest BCUT2D eigenvalue weighted by molar-refractivity contribution is 8.18. The summed E-state index contributed by atoms with van der Waals surface area (Å²) >= 11 is 6.29. The van der Waals surface area contributed by atoms with Crippen molar-refractivity contribution in [2.24, 2.45) is 0 Å². The van der Waals surface area contributed by atoms with Gasteiger partial charge in [0.1, 0.15) is 12.4 Å². The number of hydrogen-bond acceptors (Lipinski definition) is 5. The molecule has 0 radical (unpaired) electrons. The van der Waals surface area contributed by atoms with Crippen molar-refractivity contribution in [3.05, 3.63) is 93.1 Å². The second-order valence-corrected chi connectivity index (χ2v) is 10.2. The molecule has 1 fully saturated rings. The number of H-pyrrole nitrogens is 1. The molecule has 40 heavy (non-hydrogen) atoms. The van der Waals surface area contributed by atoms with E-state index in [1.54, 1.807) is 18.2 Å². The summed E-state index contributed by atoms with van der Waals surface area (Å²) in [6.07, 6.45) is -5.19. The summed E-state index contributed by atoms with van der Waals surface area (Å²) in [7, 11) is 0. The molecular formula is C27H16ClF4N3O4S. The van der Waals surface area contributed by atoms with Gasteiger partial charge in [0.05, 0.1) is 21.7 Å². The summed E-state index contributed by atoms with van der Waals surface area (Å²) in [4.78, 5) is 37.3. The number of carboxylic acids is 1. The van der Waals surface area contributed by atoms with Crippen molar-refractivity contribution in [2.45, 2.75) is 12.6 Å². The van der Waals surface area contributed by atoms with E-state index < -0.39 is 47.6 Å². The lowest BCUT2D eigenvalue weighted by Gasteiger charge is -2.17. The molecule has 0 aliphatic carbocycles. The largest absolute Gasteiger partial charge is 0.480 e. The molecule has 0 unspecified atom stereocenters. The number of allylic oxidation sites excluding steroid dienone is 1. The normalized spacial score (nSPS) is 15.3. The number of benzene rings is 3. The maximum Gasteiger partial charge on any atom is 0.416 e. The minimum Gasteiger partial charge on any atom is -0.480 e. The molecule has 204 valence electrons. The van der Waals surface area contributed by atoms with Crippen LogP contribution in [0.5, 0.6) is 0 Å². The molecule has 0 saturated carbocycles. The van der Waals surface area contributed by atoms with E-state index in [1.165, 1.54) is 36.4 Å². The van der Waals surface area contributed by atoms with E-state index in [9.17, 15) is 31.9 Å². The standard InChI is InChI=1S/C27H16ClF4N3O4S/c28-16-5-1-15(20(11-16)27(30,31)32)10-18(24-25(38)35(12-22(36)37)26(39)40-24)14-4-8-21-19(9-14)23(34-33-21)13-2-6-17(29)7-3-13/h1-9,11H,10,12H2,(H,33,34)(H,36,37)/b24-18-. The molecule has 1 aromatic heterocycles. The van der Waals surface area contributed by atoms with Crippen LogP contribution in [0.2, 0.25) is 5.02 Å². The number of aliphatic carboxylic acids is 1. The smallest absolute Gasteiger partial charge is 0.416 e. The zero-order valence-corrected chi connectivity index (χ0v) is 21.6. The van der Waals surface area contributed by atoms with Gasteiger partial charge in [-0.3, -0.25) is 24.4 Å². The molecule has 2 amide bonds. The maximum atomic E-state index is 13.9. The zero-order chi connectivity index (χ0) is 28.8. The number of aromatic nitrogens is 2. The van der Waals surface area contributed by atoms with Crippen molar-refractivity contribution in [3.8, 4) is 11.3 Å². The summed E-state index contributed by atoms with van der Waals surface area (Å²) in [6.45, 7) is -0.897. The number of aromatic amines is 1. The van der Waals surface area contributed by atoms with E-state index in [0.717, 1.165) is 6.07 Å². The Morgan fingerprint density at radius 3 is 2.45 bits per heavy atom. The predicted molar refractivity (Wildman–Crippen MR) is 141 cm³/mol. The molecule has 1 saturated heterocycles. The fourth-order valence-corrected chi connectivity index (χ4v) is 5.47. The highest BCUT2D eigenvalue weighted by Gasteiger charge is 2.39. The number of carbonyl (C=O) groups excluding carboxylic acids is 2. The first kappa shape index (κ1) is 27.4. The molecule has 0 spiro atoms. The number of carboxylic acid groups (broad SMARTS) is 1. The Kier molecular flexibility index (Phi) is 7.15. The van der Waals surface area contributed by atoms with Crippen LogP contribution in [0, 0.1) is 5.82 Å². The quantitative estimate of drug-likeness (QED) is 0.190. The molecule has 0 atom stereocenters. The van der Waals surface area contributed by atoms with Crippen LogP contribution >= 0.6 is 23.4 Å². The van der Waals surface area contributed by atoms with E-state index >= 15 is 0 Å². The number of hydrogen-bond donors (Lipinski definition) is 2. The van der Waals surface area contributed by atoms with Gasteiger partial charge < -0.3 is 5.11 Å². The summed E-state index contributed by atoms with van der Waals surface area (Å²) in [5.41, 5.74) is 0.715. The van der Waals surface area contributed by atoms with Gasteiger partial charge in [0, 0.05) is 16.0 Å². The Morgan fingerprint density at radius 2 is 1.77 bits per heavy atom. The third-order valence-corrected chi connectivity index (χ3v) is 7.45. The van der Waals surface area contributed by atoms with Crippen LogP contribution in [0.4, 0.5) is 22.4 Å². The number of halogens is 5. The average Bonchev–Trinajstić information content (AvgIpc) is 3.43. The number of fused-ring (bicyclic) bond motifs is 1. The molecular weight excluding hydrogens is 574 g/mol. The number of thioether (sulfide) groups is 1. The topological polar surface area (TPSA) is 103 Å². The van der Waals surface area contributed by atoms with Gasteiger partial charge in [0.25, 0.3) is 11.1 Å². The Hall–Kier alpha value is -4.16. The minimum absolute atomic E-state index is 0.0808. The van der Waals surface area contributed by atoms with Gasteiger partial charge in [-0.2, -0.15) is 18.3 Å². The van der Waals surface area contributed by atoms with Crippen molar-refractivity contribution in [1.82, 2.24) is 15.1 Å². The lowest BCUT2D eigenvalue weighted by molar-refractivity contribution is -0.140. The van der Waals surface area contributed by atoms with Crippen LogP contribution in [0.3, 0.4) is 0 Å². The second kappa shape index (κ2) is 10.4. The fraction of sp³-hybridized carbons (Fsp3) is 0.111. The lowest BCUT2D eigenvalue weighted by Crippen LogP contribution is -2.33. The number of carbonyl (C=O) groups is 3. The maximum absolute atomic E-state index is 13.9. The van der Waals surface area contributed by atoms with Crippen LogP contribution in [0.25, 0.3) is 27.7 Å². The van der Waals surface area contributed by atoms with E-state index in [1.807, 2.05) is 0 Å². The van der Waals surface area contributed by atoms with Gasteiger partial charge in [0.15, 0.2) is 0 Å². The summed E-state index contributed by atoms with van der Waals surface area (Å²) in [5.74, 6) is -2.81. The Balaban J connectivity index is 1.70. The molecule has 1 aliphatic heterocycles. The summed E-state index contributed by atoms with van der Waals surface area (Å²) in [6, 6.07) is 13.5. The molecule has 13 heteroatoms. The summed E-state index contributed by atoms with van der Waals surface area (Å²) in [5, 5.41) is 15.8. The highest BCUT2D eigenvalue weighted by Crippen LogP contribution is 2.42. The first-order chi connectivity index (χ1) is 18.9. The molecule has 7 nitrogen and oxygen atoms in total. The highest BCUT2D eigenvalue weighted by atomic mass is 35.5. The van der Waals surface area contributed by atoms with Gasteiger partial charge in [-0.05, 0) is 83.4 Å². The van der Waals surface area contributed by atoms with E-state index in [2.05, 4.69) is 10.2 Å². The SMILES string of the molecule is O=C(O)CN1C(=O)S/C(=C(/Cc2ccc(Cl)cc2C(F)(F)F)c2ccc3[nH]nc(-c4ccc(F)cc4)c3c2)C1=O. The van der Waals surface area contributed by atoms with Gasteiger partial charge in [-0.15, -0.1) is 0 Å². The first-order valence-corrected chi connectivity index (χ1v) is 12.7. The van der Waals surface area contributed by atoms with Crippen LogP contribution in [0.1, 0.15) is 16.7 Å². The van der Waals surface area contributed by atoms with E-state index in [0.29, 0.717) is 44.4 Å². The third kappa shape index (κ3) is 5.32. The Labute approximate surface area is 232 Å². The number of rotatable bonds is 6. The number of nitrogens with one attached hydrogen (secondary N) is 1. The van der Waals surface area contributed by atoms with Gasteiger partial charge in [-0.25, -0.2) is 4.39 Å². The molecule has 2 heterocycles. The van der Waals surface area contributed by atoms with Crippen molar-refractivity contribution in [1.29, 1.82) is 0 Å². The van der Waals surface area contributed by atoms with Crippen LogP contribution in [-0.4, -0.2) is 43.9 Å². The zero-order valence-electron chi connectivity index (χ0n) is 20.1. The van der Waals surface area contributed by atoms with Gasteiger partial charge >= 0.3 is 12.1 Å². The third-order valence-electron chi connectivity index (χ3n) is 6.19. The predicted octanol–water partition coefficient (Wildman–Crippen LogP) is 6.78. The fourth-order valence-electron chi connectivity index (χ4n) is 4.35. The van der Waals surface area contributed by atoms with Crippen molar-refractivity contribution in [3.63, 3.8) is 0 Å². The van der Waals surface area contributed by atoms with E-state index in [4.69, 9.17) is 16.7 Å². The lowest BCUT2D eigenvalue weighted by atomic mass is 9.93. The van der Waals surface area contributed by atoms with Crippen LogP contribution in [0.15, 0.2) is 65.6 Å². The molecule has 3 aromatic carbocycles. The van der Waals surface area contributed by atoms with Gasteiger partial charge in [-0.1, -0.05) is 23.7 Å². The molecule has 5 rings (SSSR count). The molecule has 1 aliphatic rings. The van der Waals surface area contributed by atoms with Crippen molar-refractivity contribution in [2.75, 3.05) is 6.54 Å². The number of amides is 2. The second-order valence-electron chi connectivity index (χ2n) is 8.78. The molecule has 2 N–H and O–H groups in total. The molecule has 4 aromatic rings. The number of alkyl halides is 3. The minimum atomic E-state index is -4.77. The number of imide groups is 1. The van der Waals surface area contributed by atoms with Gasteiger partial charge in [0.2, 0.25) is 0 Å². The van der Waals surface area contributed by atoms with Crippen LogP contribution in [-0.2, 0) is 22.2 Å². The summed E-state index contributed by atoms with van der Waals surface area (Å²) < 4.78 is 55.3. The monoisotopic (exact) mass is 589 g/mol. The molecule has 0 bridgehead atoms. The van der Waals surface area contributed by atoms with Crippen molar-refractivity contribution < 1.29 is 37.1 Å². The first-order valence-electron chi connectivity index (χ1n) is 11.5. The van der Waals surface area contributed by atoms with Crippen molar-refractivity contribution >= 4 is 57.0 Å². The Morgan fingerprint density at radius 1 is 1.05 bits per heavy atom. The Bertz CT molecular complexity index is 1720. The van der Waals surface area contributed by atoms with Crippen LogP contribution < -0.4 is 0 Å².